The molecule has 0 heterocycles. The van der Waals surface area contributed by atoms with Gasteiger partial charge in [0, 0.05) is 11.3 Å². The van der Waals surface area contributed by atoms with Crippen molar-refractivity contribution >= 4 is 11.5 Å². The van der Waals surface area contributed by atoms with E-state index in [2.05, 4.69) is 0 Å². The second kappa shape index (κ2) is 5.10. The largest absolute Gasteiger partial charge is 0.496 e. The Kier molecular flexibility index (Phi) is 3.51. The zero-order valence-corrected chi connectivity index (χ0v) is 10.7. The van der Waals surface area contributed by atoms with Crippen LogP contribution in [-0.4, -0.2) is 12.9 Å². The Morgan fingerprint density at radius 1 is 1.21 bits per heavy atom. The Hall–Kier alpha value is -2.36. The summed E-state index contributed by atoms with van der Waals surface area (Å²) in [4.78, 5) is 12.4. The number of hydrogen-bond acceptors (Lipinski definition) is 3. The summed E-state index contributed by atoms with van der Waals surface area (Å²) in [5.41, 5.74) is 7.63. The number of hydrogen-bond donors (Lipinski definition) is 1. The second-order valence-corrected chi connectivity index (χ2v) is 4.19. The number of carbonyl (C=O) groups excluding carboxylic acids is 1. The van der Waals surface area contributed by atoms with Gasteiger partial charge in [-0.2, -0.15) is 0 Å². The van der Waals surface area contributed by atoms with Crippen molar-refractivity contribution in [1.29, 1.82) is 0 Å². The van der Waals surface area contributed by atoms with Gasteiger partial charge in [-0.3, -0.25) is 4.79 Å². The average Bonchev–Trinajstić information content (AvgIpc) is 2.41. The summed E-state index contributed by atoms with van der Waals surface area (Å²) in [7, 11) is 1.44. The van der Waals surface area contributed by atoms with Gasteiger partial charge >= 0.3 is 0 Å². The normalized spacial score (nSPS) is 10.3. The van der Waals surface area contributed by atoms with Crippen molar-refractivity contribution in [3.05, 3.63) is 58.9 Å². The Labute approximate surface area is 110 Å². The van der Waals surface area contributed by atoms with E-state index in [1.54, 1.807) is 25.1 Å². The van der Waals surface area contributed by atoms with E-state index in [1.165, 1.54) is 25.3 Å². The lowest BCUT2D eigenvalue weighted by Crippen LogP contribution is -2.07. The van der Waals surface area contributed by atoms with Crippen molar-refractivity contribution in [2.24, 2.45) is 0 Å². The molecule has 2 aromatic carbocycles. The fraction of sp³-hybridized carbons (Fsp3) is 0.133. The van der Waals surface area contributed by atoms with Crippen molar-refractivity contribution in [2.75, 3.05) is 12.8 Å². The van der Waals surface area contributed by atoms with Crippen LogP contribution >= 0.6 is 0 Å². The van der Waals surface area contributed by atoms with Gasteiger partial charge in [-0.15, -0.1) is 0 Å². The lowest BCUT2D eigenvalue weighted by Gasteiger charge is -2.10. The highest BCUT2D eigenvalue weighted by Crippen LogP contribution is 2.25. The highest BCUT2D eigenvalue weighted by Gasteiger charge is 2.17. The van der Waals surface area contributed by atoms with Crippen molar-refractivity contribution in [2.45, 2.75) is 6.92 Å². The third-order valence-electron chi connectivity index (χ3n) is 3.03. The van der Waals surface area contributed by atoms with Gasteiger partial charge in [-0.25, -0.2) is 4.39 Å². The molecule has 0 aromatic heterocycles. The zero-order chi connectivity index (χ0) is 14.0. The first-order valence-electron chi connectivity index (χ1n) is 5.78. The molecule has 0 spiro atoms. The number of nitrogen functional groups attached to an aromatic ring is 1. The number of anilines is 1. The second-order valence-electron chi connectivity index (χ2n) is 4.19. The number of rotatable bonds is 3. The van der Waals surface area contributed by atoms with E-state index in [9.17, 15) is 9.18 Å². The zero-order valence-electron chi connectivity index (χ0n) is 10.7. The van der Waals surface area contributed by atoms with Gasteiger partial charge in [-0.05, 0) is 36.8 Å². The number of methoxy groups -OCH3 is 1. The number of ketones is 1. The first-order valence-corrected chi connectivity index (χ1v) is 5.78. The molecule has 0 aliphatic rings. The number of halogens is 1. The molecule has 2 rings (SSSR count). The van der Waals surface area contributed by atoms with Crippen LogP contribution in [0.2, 0.25) is 0 Å². The van der Waals surface area contributed by atoms with E-state index < -0.39 is 5.82 Å². The molecule has 98 valence electrons. The molecule has 2 aromatic rings. The molecule has 4 heteroatoms. The molecule has 3 nitrogen and oxygen atoms in total. The van der Waals surface area contributed by atoms with Crippen LogP contribution in [0, 0.1) is 12.7 Å². The van der Waals surface area contributed by atoms with Gasteiger partial charge in [0.25, 0.3) is 0 Å². The van der Waals surface area contributed by atoms with Crippen LogP contribution in [-0.2, 0) is 0 Å². The minimum Gasteiger partial charge on any atom is -0.496 e. The van der Waals surface area contributed by atoms with Gasteiger partial charge < -0.3 is 10.5 Å². The van der Waals surface area contributed by atoms with Crippen LogP contribution in [0.25, 0.3) is 0 Å². The maximum absolute atomic E-state index is 13.3. The highest BCUT2D eigenvalue weighted by atomic mass is 19.1. The Balaban J connectivity index is 2.56. The standard InChI is InChI=1S/C15H14FNO2/c1-9-11(4-3-5-13(9)17)15(18)12-8-10(16)6-7-14(12)19-2/h3-8H,17H2,1-2H3. The van der Waals surface area contributed by atoms with E-state index in [4.69, 9.17) is 10.5 Å². The molecule has 0 unspecified atom stereocenters. The minimum atomic E-state index is -0.481. The van der Waals surface area contributed by atoms with Gasteiger partial charge in [-0.1, -0.05) is 12.1 Å². The molecular formula is C15H14FNO2. The van der Waals surface area contributed by atoms with Crippen molar-refractivity contribution in [3.8, 4) is 5.75 Å². The molecule has 0 bridgehead atoms. The SMILES string of the molecule is COc1ccc(F)cc1C(=O)c1cccc(N)c1C. The Bertz CT molecular complexity index is 638. The summed E-state index contributed by atoms with van der Waals surface area (Å²) in [6.45, 7) is 1.76. The van der Waals surface area contributed by atoms with Crippen LogP contribution < -0.4 is 10.5 Å². The topological polar surface area (TPSA) is 52.3 Å². The summed E-state index contributed by atoms with van der Waals surface area (Å²) in [5.74, 6) is -0.444. The molecule has 0 radical (unpaired) electrons. The van der Waals surface area contributed by atoms with E-state index in [0.29, 0.717) is 22.6 Å². The molecule has 0 aliphatic carbocycles. The number of nitrogens with two attached hydrogens (primary N) is 1. The maximum Gasteiger partial charge on any atom is 0.197 e. The smallest absolute Gasteiger partial charge is 0.197 e. The van der Waals surface area contributed by atoms with Crippen LogP contribution in [0.4, 0.5) is 10.1 Å². The molecule has 0 atom stereocenters. The third kappa shape index (κ3) is 2.42. The molecular weight excluding hydrogens is 245 g/mol. The quantitative estimate of drug-likeness (QED) is 0.681. The van der Waals surface area contributed by atoms with Gasteiger partial charge in [0.15, 0.2) is 5.78 Å². The van der Waals surface area contributed by atoms with E-state index in [0.717, 1.165) is 0 Å². The molecule has 0 fully saturated rings. The van der Waals surface area contributed by atoms with Crippen molar-refractivity contribution < 1.29 is 13.9 Å². The predicted molar refractivity (Wildman–Crippen MR) is 72.0 cm³/mol. The summed E-state index contributed by atoms with van der Waals surface area (Å²) in [6, 6.07) is 8.93. The lowest BCUT2D eigenvalue weighted by molar-refractivity contribution is 0.103. The third-order valence-corrected chi connectivity index (χ3v) is 3.03. The monoisotopic (exact) mass is 259 g/mol. The van der Waals surface area contributed by atoms with Gasteiger partial charge in [0.05, 0.1) is 12.7 Å². The molecule has 0 saturated carbocycles. The fourth-order valence-corrected chi connectivity index (χ4v) is 1.90. The summed E-state index contributed by atoms with van der Waals surface area (Å²) in [5, 5.41) is 0. The molecule has 0 amide bonds. The van der Waals surface area contributed by atoms with Gasteiger partial charge in [0.1, 0.15) is 11.6 Å². The number of ether oxygens (including phenoxy) is 1. The molecule has 0 saturated heterocycles. The summed E-state index contributed by atoms with van der Waals surface area (Å²) in [6.07, 6.45) is 0. The predicted octanol–water partition coefficient (Wildman–Crippen LogP) is 2.96. The maximum atomic E-state index is 13.3. The van der Waals surface area contributed by atoms with Crippen LogP contribution in [0.3, 0.4) is 0 Å². The van der Waals surface area contributed by atoms with Crippen molar-refractivity contribution in [3.63, 3.8) is 0 Å². The summed E-state index contributed by atoms with van der Waals surface area (Å²) >= 11 is 0. The molecule has 2 N–H and O–H groups in total. The lowest BCUT2D eigenvalue weighted by atomic mass is 9.97. The average molecular weight is 259 g/mol. The van der Waals surface area contributed by atoms with Crippen LogP contribution in [0.15, 0.2) is 36.4 Å². The number of carbonyl (C=O) groups is 1. The van der Waals surface area contributed by atoms with Gasteiger partial charge in [0.2, 0.25) is 0 Å². The summed E-state index contributed by atoms with van der Waals surface area (Å²) < 4.78 is 18.4. The van der Waals surface area contributed by atoms with E-state index in [1.807, 2.05) is 0 Å². The van der Waals surface area contributed by atoms with E-state index >= 15 is 0 Å². The van der Waals surface area contributed by atoms with Crippen LogP contribution in [0.1, 0.15) is 21.5 Å². The molecule has 0 aliphatic heterocycles. The Morgan fingerprint density at radius 2 is 1.95 bits per heavy atom. The number of benzene rings is 2. The van der Waals surface area contributed by atoms with Crippen molar-refractivity contribution in [1.82, 2.24) is 0 Å². The van der Waals surface area contributed by atoms with Crippen LogP contribution in [0.5, 0.6) is 5.75 Å². The first kappa shape index (κ1) is 13.1. The van der Waals surface area contributed by atoms with E-state index in [-0.39, 0.29) is 11.3 Å². The molecule has 19 heavy (non-hydrogen) atoms. The fourth-order valence-electron chi connectivity index (χ4n) is 1.90. The first-order chi connectivity index (χ1) is 9.04. The Morgan fingerprint density at radius 3 is 2.63 bits per heavy atom. The minimum absolute atomic E-state index is 0.191. The highest BCUT2D eigenvalue weighted by molar-refractivity contribution is 6.12.